The monoisotopic (exact) mass is 320 g/mol. The van der Waals surface area contributed by atoms with Crippen molar-refractivity contribution in [3.63, 3.8) is 0 Å². The molecule has 0 aliphatic rings. The fraction of sp³-hybridized carbons (Fsp3) is 0.211. The van der Waals surface area contributed by atoms with Crippen LogP contribution >= 0.6 is 0 Å². The number of carbonyl (C=O) groups excluding carboxylic acids is 1. The highest BCUT2D eigenvalue weighted by Crippen LogP contribution is 2.27. The van der Waals surface area contributed by atoms with Crippen LogP contribution in [-0.2, 0) is 11.2 Å². The summed E-state index contributed by atoms with van der Waals surface area (Å²) in [6.07, 6.45) is 4.58. The zero-order valence-electron chi connectivity index (χ0n) is 13.8. The van der Waals surface area contributed by atoms with Crippen LogP contribution in [0, 0.1) is 13.8 Å². The molecule has 5 heteroatoms. The van der Waals surface area contributed by atoms with Gasteiger partial charge in [0, 0.05) is 18.3 Å². The molecule has 2 heterocycles. The predicted molar refractivity (Wildman–Crippen MR) is 94.7 cm³/mol. The van der Waals surface area contributed by atoms with Gasteiger partial charge in [-0.15, -0.1) is 0 Å². The molecule has 0 saturated heterocycles. The first kappa shape index (κ1) is 15.9. The van der Waals surface area contributed by atoms with Gasteiger partial charge in [-0.1, -0.05) is 30.3 Å². The number of nitrogens with zero attached hydrogens (tertiary/aromatic N) is 2. The molecule has 2 aromatic heterocycles. The second-order valence-corrected chi connectivity index (χ2v) is 5.79. The maximum Gasteiger partial charge on any atom is 0.225 e. The third-order valence-corrected chi connectivity index (χ3v) is 4.06. The first-order chi connectivity index (χ1) is 11.6. The number of hydrogen-bond acceptors (Lipinski definition) is 3. The molecule has 0 saturated carbocycles. The zero-order valence-corrected chi connectivity index (χ0v) is 13.8. The molecular formula is C19H20N4O. The molecule has 0 bridgehead atoms. The zero-order chi connectivity index (χ0) is 16.9. The highest BCUT2D eigenvalue weighted by Gasteiger charge is 2.10. The van der Waals surface area contributed by atoms with Gasteiger partial charge >= 0.3 is 0 Å². The molecule has 0 radical (unpaired) electrons. The van der Waals surface area contributed by atoms with Gasteiger partial charge in [0.25, 0.3) is 0 Å². The van der Waals surface area contributed by atoms with Crippen molar-refractivity contribution in [3.8, 4) is 11.1 Å². The van der Waals surface area contributed by atoms with Crippen LogP contribution in [0.5, 0.6) is 0 Å². The van der Waals surface area contributed by atoms with Crippen LogP contribution in [0.15, 0.2) is 48.8 Å². The van der Waals surface area contributed by atoms with Gasteiger partial charge in [-0.25, -0.2) is 4.98 Å². The number of rotatable bonds is 5. The number of aromatic nitrogens is 3. The number of pyridine rings is 1. The Bertz CT molecular complexity index is 826. The van der Waals surface area contributed by atoms with E-state index in [0.29, 0.717) is 18.7 Å². The molecule has 3 aromatic rings. The van der Waals surface area contributed by atoms with E-state index < -0.39 is 0 Å². The standard InChI is InChI=1S/C19H20N4O/c1-13-14(2)22-18(10-17(13)16-6-4-3-5-7-16)23-19(24)9-8-15-11-20-21-12-15/h3-7,10-12H,8-9H2,1-2H3,(H,20,21)(H,22,23,24). The Labute approximate surface area is 141 Å². The number of nitrogens with one attached hydrogen (secondary N) is 2. The maximum absolute atomic E-state index is 12.2. The lowest BCUT2D eigenvalue weighted by molar-refractivity contribution is -0.116. The lowest BCUT2D eigenvalue weighted by Gasteiger charge is -2.12. The molecule has 3 rings (SSSR count). The third-order valence-electron chi connectivity index (χ3n) is 4.06. The van der Waals surface area contributed by atoms with Crippen molar-refractivity contribution >= 4 is 11.7 Å². The van der Waals surface area contributed by atoms with E-state index in [9.17, 15) is 4.79 Å². The van der Waals surface area contributed by atoms with Crippen molar-refractivity contribution < 1.29 is 4.79 Å². The third kappa shape index (κ3) is 3.68. The summed E-state index contributed by atoms with van der Waals surface area (Å²) in [4.78, 5) is 16.7. The Hall–Kier alpha value is -2.95. The van der Waals surface area contributed by atoms with E-state index in [1.54, 1.807) is 12.4 Å². The molecule has 2 N–H and O–H groups in total. The van der Waals surface area contributed by atoms with Crippen LogP contribution in [0.25, 0.3) is 11.1 Å². The van der Waals surface area contributed by atoms with E-state index in [1.807, 2.05) is 31.2 Å². The highest BCUT2D eigenvalue weighted by atomic mass is 16.1. The van der Waals surface area contributed by atoms with Crippen molar-refractivity contribution in [1.82, 2.24) is 15.2 Å². The largest absolute Gasteiger partial charge is 0.311 e. The number of aryl methyl sites for hydroxylation is 2. The van der Waals surface area contributed by atoms with Gasteiger partial charge in [0.05, 0.1) is 6.20 Å². The molecule has 1 amide bonds. The van der Waals surface area contributed by atoms with Crippen LogP contribution in [-0.4, -0.2) is 21.1 Å². The van der Waals surface area contributed by atoms with E-state index in [2.05, 4.69) is 39.6 Å². The SMILES string of the molecule is Cc1nc(NC(=O)CCc2cn[nH]c2)cc(-c2ccccc2)c1C. The first-order valence-corrected chi connectivity index (χ1v) is 7.94. The fourth-order valence-corrected chi connectivity index (χ4v) is 2.60. The summed E-state index contributed by atoms with van der Waals surface area (Å²) in [6.45, 7) is 4.01. The molecular weight excluding hydrogens is 300 g/mol. The Morgan fingerprint density at radius 2 is 2.00 bits per heavy atom. The molecule has 24 heavy (non-hydrogen) atoms. The fourth-order valence-electron chi connectivity index (χ4n) is 2.60. The highest BCUT2D eigenvalue weighted by molar-refractivity contribution is 5.90. The topological polar surface area (TPSA) is 70.7 Å². The van der Waals surface area contributed by atoms with Gasteiger partial charge in [-0.2, -0.15) is 5.10 Å². The summed E-state index contributed by atoms with van der Waals surface area (Å²) in [7, 11) is 0. The number of H-pyrrole nitrogens is 1. The molecule has 0 aliphatic heterocycles. The lowest BCUT2D eigenvalue weighted by Crippen LogP contribution is -2.14. The van der Waals surface area contributed by atoms with Gasteiger partial charge in [0.15, 0.2) is 0 Å². The van der Waals surface area contributed by atoms with Crippen LogP contribution in [0.3, 0.4) is 0 Å². The molecule has 1 aromatic carbocycles. The summed E-state index contributed by atoms with van der Waals surface area (Å²) in [6, 6.07) is 12.1. The van der Waals surface area contributed by atoms with E-state index >= 15 is 0 Å². The molecule has 0 aliphatic carbocycles. The molecule has 0 atom stereocenters. The summed E-state index contributed by atoms with van der Waals surface area (Å²) in [5.74, 6) is 0.542. The number of amides is 1. The van der Waals surface area contributed by atoms with E-state index in [0.717, 1.165) is 27.9 Å². The Balaban J connectivity index is 1.76. The lowest BCUT2D eigenvalue weighted by atomic mass is 10.0. The smallest absolute Gasteiger partial charge is 0.225 e. The normalized spacial score (nSPS) is 10.6. The van der Waals surface area contributed by atoms with Crippen LogP contribution in [0.2, 0.25) is 0 Å². The van der Waals surface area contributed by atoms with E-state index in [1.165, 1.54) is 0 Å². The quantitative estimate of drug-likeness (QED) is 0.753. The summed E-state index contributed by atoms with van der Waals surface area (Å²) < 4.78 is 0. The van der Waals surface area contributed by atoms with Gasteiger partial charge in [0.2, 0.25) is 5.91 Å². The number of hydrogen-bond donors (Lipinski definition) is 2. The van der Waals surface area contributed by atoms with Gasteiger partial charge in [0.1, 0.15) is 5.82 Å². The van der Waals surface area contributed by atoms with Crippen molar-refractivity contribution in [2.45, 2.75) is 26.7 Å². The van der Waals surface area contributed by atoms with Crippen molar-refractivity contribution in [2.75, 3.05) is 5.32 Å². The van der Waals surface area contributed by atoms with Crippen molar-refractivity contribution in [2.24, 2.45) is 0 Å². The van der Waals surface area contributed by atoms with Crippen LogP contribution in [0.4, 0.5) is 5.82 Å². The minimum absolute atomic E-state index is 0.0500. The molecule has 5 nitrogen and oxygen atoms in total. The van der Waals surface area contributed by atoms with Gasteiger partial charge in [-0.05, 0) is 48.6 Å². The molecule has 0 spiro atoms. The summed E-state index contributed by atoms with van der Waals surface area (Å²) in [5.41, 5.74) is 5.27. The van der Waals surface area contributed by atoms with Crippen LogP contribution < -0.4 is 5.32 Å². The Morgan fingerprint density at radius 1 is 1.21 bits per heavy atom. The Morgan fingerprint density at radius 3 is 2.71 bits per heavy atom. The second-order valence-electron chi connectivity index (χ2n) is 5.79. The maximum atomic E-state index is 12.2. The second kappa shape index (κ2) is 7.08. The minimum atomic E-state index is -0.0500. The molecule has 0 fully saturated rings. The van der Waals surface area contributed by atoms with Crippen molar-refractivity contribution in [1.29, 1.82) is 0 Å². The average Bonchev–Trinajstić information content (AvgIpc) is 3.10. The van der Waals surface area contributed by atoms with E-state index in [4.69, 9.17) is 0 Å². The van der Waals surface area contributed by atoms with E-state index in [-0.39, 0.29) is 5.91 Å². The van der Waals surface area contributed by atoms with Crippen LogP contribution in [0.1, 0.15) is 23.2 Å². The summed E-state index contributed by atoms with van der Waals surface area (Å²) >= 11 is 0. The minimum Gasteiger partial charge on any atom is -0.311 e. The predicted octanol–water partition coefficient (Wildman–Crippen LogP) is 3.66. The van der Waals surface area contributed by atoms with Crippen molar-refractivity contribution in [3.05, 3.63) is 65.6 Å². The van der Waals surface area contributed by atoms with Gasteiger partial charge in [-0.3, -0.25) is 9.89 Å². The number of anilines is 1. The van der Waals surface area contributed by atoms with Gasteiger partial charge < -0.3 is 5.32 Å². The number of carbonyl (C=O) groups is 1. The average molecular weight is 320 g/mol. The first-order valence-electron chi connectivity index (χ1n) is 7.94. The summed E-state index contributed by atoms with van der Waals surface area (Å²) in [5, 5.41) is 9.53. The number of benzene rings is 1. The molecule has 0 unspecified atom stereocenters. The Kier molecular flexibility index (Phi) is 4.70. The number of aromatic amines is 1. The molecule has 122 valence electrons.